The number of carbonyl (C=O) groups is 1. The second-order valence-electron chi connectivity index (χ2n) is 4.42. The summed E-state index contributed by atoms with van der Waals surface area (Å²) in [6.45, 7) is 6.20. The van der Waals surface area contributed by atoms with E-state index < -0.39 is 0 Å². The highest BCUT2D eigenvalue weighted by Crippen LogP contribution is 2.19. The standard InChI is InChI=1S/C14H17N3O/c1-4-6-14-12(9-18)15-16-17(14)13-8-5-7-10(2)11(13)3/h5,7-9H,4,6H2,1-3H3. The molecule has 1 aromatic carbocycles. The topological polar surface area (TPSA) is 47.8 Å². The number of hydrogen-bond donors (Lipinski definition) is 0. The number of carbonyl (C=O) groups excluding carboxylic acids is 1. The maximum Gasteiger partial charge on any atom is 0.172 e. The zero-order valence-electron chi connectivity index (χ0n) is 11.0. The van der Waals surface area contributed by atoms with Crippen LogP contribution in [0, 0.1) is 13.8 Å². The molecule has 18 heavy (non-hydrogen) atoms. The molecule has 0 saturated heterocycles. The van der Waals surface area contributed by atoms with Crippen molar-refractivity contribution in [2.75, 3.05) is 0 Å². The number of aryl methyl sites for hydroxylation is 1. The molecular formula is C14H17N3O. The third kappa shape index (κ3) is 2.06. The molecule has 0 unspecified atom stereocenters. The Bertz CT molecular complexity index is 572. The van der Waals surface area contributed by atoms with Crippen LogP contribution in [0.3, 0.4) is 0 Å². The average molecular weight is 243 g/mol. The molecule has 0 spiro atoms. The Hall–Kier alpha value is -1.97. The Kier molecular flexibility index (Phi) is 3.55. The second-order valence-corrected chi connectivity index (χ2v) is 4.42. The highest BCUT2D eigenvalue weighted by atomic mass is 16.1. The summed E-state index contributed by atoms with van der Waals surface area (Å²) >= 11 is 0. The molecule has 0 amide bonds. The van der Waals surface area contributed by atoms with Crippen LogP contribution in [0.1, 0.15) is 40.7 Å². The van der Waals surface area contributed by atoms with Crippen molar-refractivity contribution in [3.63, 3.8) is 0 Å². The summed E-state index contributed by atoms with van der Waals surface area (Å²) in [4.78, 5) is 11.0. The fraction of sp³-hybridized carbons (Fsp3) is 0.357. The summed E-state index contributed by atoms with van der Waals surface area (Å²) in [5.74, 6) is 0. The molecule has 0 aliphatic carbocycles. The monoisotopic (exact) mass is 243 g/mol. The van der Waals surface area contributed by atoms with E-state index in [1.807, 2.05) is 12.1 Å². The van der Waals surface area contributed by atoms with Gasteiger partial charge in [-0.15, -0.1) is 5.10 Å². The van der Waals surface area contributed by atoms with Crippen LogP contribution in [-0.4, -0.2) is 21.3 Å². The lowest BCUT2D eigenvalue weighted by atomic mass is 10.1. The molecule has 0 fully saturated rings. The minimum atomic E-state index is 0.442. The van der Waals surface area contributed by atoms with E-state index in [4.69, 9.17) is 0 Å². The molecule has 2 rings (SSSR count). The summed E-state index contributed by atoms with van der Waals surface area (Å²) < 4.78 is 1.79. The van der Waals surface area contributed by atoms with E-state index in [1.165, 1.54) is 5.56 Å². The minimum absolute atomic E-state index is 0.442. The number of rotatable bonds is 4. The van der Waals surface area contributed by atoms with Crippen molar-refractivity contribution in [1.82, 2.24) is 15.0 Å². The van der Waals surface area contributed by atoms with Crippen molar-refractivity contribution >= 4 is 6.29 Å². The maximum atomic E-state index is 11.0. The molecule has 0 N–H and O–H groups in total. The van der Waals surface area contributed by atoms with Crippen LogP contribution < -0.4 is 0 Å². The molecule has 0 bridgehead atoms. The fourth-order valence-corrected chi connectivity index (χ4v) is 2.03. The van der Waals surface area contributed by atoms with Crippen LogP contribution in [0.4, 0.5) is 0 Å². The highest BCUT2D eigenvalue weighted by molar-refractivity contribution is 5.73. The van der Waals surface area contributed by atoms with Gasteiger partial charge in [-0.2, -0.15) is 0 Å². The summed E-state index contributed by atoms with van der Waals surface area (Å²) in [7, 11) is 0. The van der Waals surface area contributed by atoms with Gasteiger partial charge in [0.1, 0.15) is 5.69 Å². The van der Waals surface area contributed by atoms with Crippen molar-refractivity contribution < 1.29 is 4.79 Å². The Balaban J connectivity index is 2.60. The Morgan fingerprint density at radius 3 is 2.78 bits per heavy atom. The van der Waals surface area contributed by atoms with Gasteiger partial charge in [0.2, 0.25) is 0 Å². The van der Waals surface area contributed by atoms with E-state index in [0.717, 1.165) is 36.1 Å². The predicted molar refractivity (Wildman–Crippen MR) is 70.2 cm³/mol. The number of nitrogens with zero attached hydrogens (tertiary/aromatic N) is 3. The summed E-state index contributed by atoms with van der Waals surface area (Å²) in [6, 6.07) is 6.07. The van der Waals surface area contributed by atoms with Gasteiger partial charge >= 0.3 is 0 Å². The zero-order chi connectivity index (χ0) is 13.1. The predicted octanol–water partition coefficient (Wildman–Crippen LogP) is 2.65. The van der Waals surface area contributed by atoms with Crippen molar-refractivity contribution in [3.8, 4) is 5.69 Å². The van der Waals surface area contributed by atoms with Crippen LogP contribution in [0.5, 0.6) is 0 Å². The van der Waals surface area contributed by atoms with Gasteiger partial charge in [0, 0.05) is 0 Å². The van der Waals surface area contributed by atoms with Gasteiger partial charge in [0.05, 0.1) is 11.4 Å². The molecule has 0 aliphatic heterocycles. The lowest BCUT2D eigenvalue weighted by Gasteiger charge is -2.10. The van der Waals surface area contributed by atoms with E-state index in [9.17, 15) is 4.79 Å². The average Bonchev–Trinajstić information content (AvgIpc) is 2.76. The quantitative estimate of drug-likeness (QED) is 0.776. The van der Waals surface area contributed by atoms with Crippen LogP contribution in [0.15, 0.2) is 18.2 Å². The van der Waals surface area contributed by atoms with Gasteiger partial charge in [-0.3, -0.25) is 4.79 Å². The van der Waals surface area contributed by atoms with E-state index in [-0.39, 0.29) is 0 Å². The van der Waals surface area contributed by atoms with Crippen LogP contribution >= 0.6 is 0 Å². The van der Waals surface area contributed by atoms with Crippen LogP contribution in [0.25, 0.3) is 5.69 Å². The Labute approximate surface area is 107 Å². The normalized spacial score (nSPS) is 10.6. The van der Waals surface area contributed by atoms with Crippen LogP contribution in [-0.2, 0) is 6.42 Å². The number of aldehydes is 1. The van der Waals surface area contributed by atoms with Gasteiger partial charge in [-0.05, 0) is 37.5 Å². The Morgan fingerprint density at radius 2 is 2.11 bits per heavy atom. The molecule has 0 radical (unpaired) electrons. The summed E-state index contributed by atoms with van der Waals surface area (Å²) in [5, 5.41) is 8.06. The number of hydrogen-bond acceptors (Lipinski definition) is 3. The third-order valence-corrected chi connectivity index (χ3v) is 3.20. The SMILES string of the molecule is CCCc1c(C=O)nnn1-c1cccc(C)c1C. The third-order valence-electron chi connectivity index (χ3n) is 3.20. The Morgan fingerprint density at radius 1 is 1.33 bits per heavy atom. The zero-order valence-corrected chi connectivity index (χ0v) is 11.0. The molecule has 0 saturated carbocycles. The summed E-state index contributed by atoms with van der Waals surface area (Å²) in [5.41, 5.74) is 4.70. The van der Waals surface area contributed by atoms with Crippen LogP contribution in [0.2, 0.25) is 0 Å². The summed E-state index contributed by atoms with van der Waals surface area (Å²) in [6.07, 6.45) is 2.53. The largest absolute Gasteiger partial charge is 0.296 e. The number of aromatic nitrogens is 3. The van der Waals surface area contributed by atoms with Gasteiger partial charge in [0.25, 0.3) is 0 Å². The van der Waals surface area contributed by atoms with Crippen molar-refractivity contribution in [2.24, 2.45) is 0 Å². The fourth-order valence-electron chi connectivity index (χ4n) is 2.03. The highest BCUT2D eigenvalue weighted by Gasteiger charge is 2.14. The lowest BCUT2D eigenvalue weighted by molar-refractivity contribution is 0.111. The molecule has 4 nitrogen and oxygen atoms in total. The van der Waals surface area contributed by atoms with E-state index >= 15 is 0 Å². The molecule has 0 atom stereocenters. The number of benzene rings is 1. The van der Waals surface area contributed by atoms with Crippen molar-refractivity contribution in [3.05, 3.63) is 40.7 Å². The molecular weight excluding hydrogens is 226 g/mol. The molecule has 0 aliphatic rings. The van der Waals surface area contributed by atoms with Gasteiger partial charge in [-0.1, -0.05) is 30.7 Å². The van der Waals surface area contributed by atoms with Gasteiger partial charge < -0.3 is 0 Å². The first-order chi connectivity index (χ1) is 8.69. The van der Waals surface area contributed by atoms with Gasteiger partial charge in [0.15, 0.2) is 6.29 Å². The molecule has 94 valence electrons. The molecule has 1 heterocycles. The maximum absolute atomic E-state index is 11.0. The molecule has 4 heteroatoms. The van der Waals surface area contributed by atoms with E-state index in [0.29, 0.717) is 5.69 Å². The van der Waals surface area contributed by atoms with E-state index in [1.54, 1.807) is 4.68 Å². The van der Waals surface area contributed by atoms with E-state index in [2.05, 4.69) is 37.1 Å². The molecule has 2 aromatic rings. The van der Waals surface area contributed by atoms with Gasteiger partial charge in [-0.25, -0.2) is 4.68 Å². The first-order valence-electron chi connectivity index (χ1n) is 6.15. The second kappa shape index (κ2) is 5.12. The lowest BCUT2D eigenvalue weighted by Crippen LogP contribution is -2.06. The minimum Gasteiger partial charge on any atom is -0.296 e. The van der Waals surface area contributed by atoms with Crippen molar-refractivity contribution in [2.45, 2.75) is 33.6 Å². The molecule has 1 aromatic heterocycles. The smallest absolute Gasteiger partial charge is 0.172 e. The first-order valence-corrected chi connectivity index (χ1v) is 6.15. The first kappa shape index (κ1) is 12.5. The van der Waals surface area contributed by atoms with Crippen molar-refractivity contribution in [1.29, 1.82) is 0 Å².